The third-order valence-electron chi connectivity index (χ3n) is 5.76. The molecule has 1 unspecified atom stereocenters. The minimum atomic E-state index is -3.95. The number of nitrogens with one attached hydrogen (secondary N) is 2. The summed E-state index contributed by atoms with van der Waals surface area (Å²) in [7, 11) is -3.95. The van der Waals surface area contributed by atoms with E-state index in [1.165, 1.54) is 12.1 Å². The molecule has 0 spiro atoms. The van der Waals surface area contributed by atoms with Crippen molar-refractivity contribution in [3.8, 4) is 11.1 Å². The molecule has 7 nitrogen and oxygen atoms in total. The van der Waals surface area contributed by atoms with Crippen LogP contribution in [0.5, 0.6) is 0 Å². The van der Waals surface area contributed by atoms with Crippen molar-refractivity contribution in [2.45, 2.75) is 64.1 Å². The van der Waals surface area contributed by atoms with Gasteiger partial charge in [0.1, 0.15) is 11.6 Å². The number of carbonyl (C=O) groups excluding carboxylic acids is 2. The predicted molar refractivity (Wildman–Crippen MR) is 149 cm³/mol. The highest BCUT2D eigenvalue weighted by Crippen LogP contribution is 2.23. The lowest BCUT2D eigenvalue weighted by Crippen LogP contribution is -2.47. The molecule has 0 saturated heterocycles. The van der Waals surface area contributed by atoms with Crippen molar-refractivity contribution < 1.29 is 22.7 Å². The summed E-state index contributed by atoms with van der Waals surface area (Å²) in [5, 5.41) is 2.92. The van der Waals surface area contributed by atoms with E-state index in [1.54, 1.807) is 46.8 Å². The van der Waals surface area contributed by atoms with Crippen molar-refractivity contribution in [3.05, 3.63) is 90.0 Å². The van der Waals surface area contributed by atoms with Crippen LogP contribution in [0.2, 0.25) is 0 Å². The third kappa shape index (κ3) is 8.53. The number of carbonyl (C=O) groups is 2. The molecule has 0 saturated carbocycles. The molecule has 0 aliphatic heterocycles. The highest BCUT2D eigenvalue weighted by atomic mass is 32.2. The van der Waals surface area contributed by atoms with E-state index in [0.29, 0.717) is 6.54 Å². The van der Waals surface area contributed by atoms with E-state index in [0.717, 1.165) is 22.3 Å². The van der Waals surface area contributed by atoms with E-state index in [2.05, 4.69) is 10.0 Å². The summed E-state index contributed by atoms with van der Waals surface area (Å²) in [6.45, 7) is 9.22. The zero-order valence-electron chi connectivity index (χ0n) is 22.5. The van der Waals surface area contributed by atoms with Crippen LogP contribution in [-0.2, 0) is 37.3 Å². The van der Waals surface area contributed by atoms with E-state index in [4.69, 9.17) is 4.74 Å². The number of sulfonamides is 1. The molecule has 202 valence electrons. The first-order valence-electron chi connectivity index (χ1n) is 12.6. The lowest BCUT2D eigenvalue weighted by molar-refractivity contribution is -0.158. The monoisotopic (exact) mass is 536 g/mol. The lowest BCUT2D eigenvalue weighted by atomic mass is 10.0. The van der Waals surface area contributed by atoms with Gasteiger partial charge in [0.2, 0.25) is 15.9 Å². The van der Waals surface area contributed by atoms with Gasteiger partial charge in [0, 0.05) is 6.54 Å². The third-order valence-corrected chi connectivity index (χ3v) is 7.22. The maximum absolute atomic E-state index is 13.0. The first kappa shape index (κ1) is 29.1. The normalized spacial score (nSPS) is 12.7. The standard InChI is InChI=1S/C30H36N2O5S/c1-21(2)28(29(34)37-30(3,4)5)32-38(35,36)26-17-15-25(16-18-26)24-13-11-22(12-14-24)19-27(33)31-20-23-9-7-6-8-10-23/h6-18,21,28,32H,19-20H2,1-5H3,(H,31,33). The fourth-order valence-corrected chi connectivity index (χ4v) is 5.08. The highest BCUT2D eigenvalue weighted by molar-refractivity contribution is 7.89. The Balaban J connectivity index is 1.63. The molecule has 0 fully saturated rings. The Bertz CT molecular complexity index is 1330. The first-order valence-corrected chi connectivity index (χ1v) is 14.1. The van der Waals surface area contributed by atoms with E-state index in [-0.39, 0.29) is 23.1 Å². The molecule has 0 radical (unpaired) electrons. The fourth-order valence-electron chi connectivity index (χ4n) is 3.74. The molecular weight excluding hydrogens is 500 g/mol. The van der Waals surface area contributed by atoms with Gasteiger partial charge >= 0.3 is 5.97 Å². The van der Waals surface area contributed by atoms with Crippen molar-refractivity contribution in [2.24, 2.45) is 5.92 Å². The van der Waals surface area contributed by atoms with E-state index in [9.17, 15) is 18.0 Å². The Hall–Kier alpha value is -3.49. The Labute approximate surface area is 225 Å². The van der Waals surface area contributed by atoms with Gasteiger partial charge in [0.15, 0.2) is 0 Å². The molecule has 8 heteroatoms. The quantitative estimate of drug-likeness (QED) is 0.361. The summed E-state index contributed by atoms with van der Waals surface area (Å²) in [6.07, 6.45) is 0.268. The fraction of sp³-hybridized carbons (Fsp3) is 0.333. The highest BCUT2D eigenvalue weighted by Gasteiger charge is 2.32. The van der Waals surface area contributed by atoms with Crippen molar-refractivity contribution in [1.29, 1.82) is 0 Å². The second-order valence-corrected chi connectivity index (χ2v) is 12.3. The Morgan fingerprint density at radius 3 is 1.89 bits per heavy atom. The van der Waals surface area contributed by atoms with Gasteiger partial charge in [-0.2, -0.15) is 4.72 Å². The second-order valence-electron chi connectivity index (χ2n) is 10.5. The number of ether oxygens (including phenoxy) is 1. The summed E-state index contributed by atoms with van der Waals surface area (Å²) >= 11 is 0. The van der Waals surface area contributed by atoms with Gasteiger partial charge in [-0.05, 0) is 61.1 Å². The molecule has 0 aliphatic carbocycles. The topological polar surface area (TPSA) is 102 Å². The van der Waals surface area contributed by atoms with Crippen LogP contribution in [0.1, 0.15) is 45.7 Å². The Kier molecular flexibility index (Phi) is 9.46. The number of hydrogen-bond donors (Lipinski definition) is 2. The van der Waals surface area contributed by atoms with Crippen molar-refractivity contribution in [2.75, 3.05) is 0 Å². The SMILES string of the molecule is CC(C)C(NS(=O)(=O)c1ccc(-c2ccc(CC(=O)NCc3ccccc3)cc2)cc1)C(=O)OC(C)(C)C. The maximum Gasteiger partial charge on any atom is 0.324 e. The van der Waals surface area contributed by atoms with E-state index >= 15 is 0 Å². The van der Waals surface area contributed by atoms with Crippen LogP contribution in [-0.4, -0.2) is 31.9 Å². The molecule has 3 aromatic rings. The zero-order valence-corrected chi connectivity index (χ0v) is 23.3. The maximum atomic E-state index is 13.0. The van der Waals surface area contributed by atoms with E-state index < -0.39 is 27.6 Å². The number of benzene rings is 3. The number of hydrogen-bond acceptors (Lipinski definition) is 5. The molecule has 0 heterocycles. The van der Waals surface area contributed by atoms with Gasteiger partial charge in [-0.25, -0.2) is 8.42 Å². The molecule has 3 rings (SSSR count). The molecule has 0 aromatic heterocycles. The first-order chi connectivity index (χ1) is 17.8. The van der Waals surface area contributed by atoms with Crippen LogP contribution in [0.25, 0.3) is 11.1 Å². The molecule has 38 heavy (non-hydrogen) atoms. The van der Waals surface area contributed by atoms with E-state index in [1.807, 2.05) is 54.6 Å². The van der Waals surface area contributed by atoms with Gasteiger partial charge in [0.05, 0.1) is 11.3 Å². The molecular formula is C30H36N2O5S. The molecule has 1 atom stereocenters. The van der Waals surface area contributed by atoms with Gasteiger partial charge < -0.3 is 10.1 Å². The lowest BCUT2D eigenvalue weighted by Gasteiger charge is -2.26. The van der Waals surface area contributed by atoms with Gasteiger partial charge in [-0.15, -0.1) is 0 Å². The van der Waals surface area contributed by atoms with Gasteiger partial charge in [0.25, 0.3) is 0 Å². The molecule has 1 amide bonds. The average Bonchev–Trinajstić information content (AvgIpc) is 2.86. The van der Waals surface area contributed by atoms with Crippen LogP contribution >= 0.6 is 0 Å². The minimum Gasteiger partial charge on any atom is -0.459 e. The minimum absolute atomic E-state index is 0.0576. The molecule has 0 aliphatic rings. The molecule has 0 bridgehead atoms. The van der Waals surface area contributed by atoms with Crippen molar-refractivity contribution in [1.82, 2.24) is 10.0 Å². The number of rotatable bonds is 10. The number of amides is 1. The summed E-state index contributed by atoms with van der Waals surface area (Å²) in [6, 6.07) is 22.8. The predicted octanol–water partition coefficient (Wildman–Crippen LogP) is 4.86. The van der Waals surface area contributed by atoms with Crippen LogP contribution in [0.15, 0.2) is 83.8 Å². The Morgan fingerprint density at radius 2 is 1.37 bits per heavy atom. The van der Waals surface area contributed by atoms with Crippen LogP contribution in [0, 0.1) is 5.92 Å². The average molecular weight is 537 g/mol. The van der Waals surface area contributed by atoms with Crippen LogP contribution in [0.3, 0.4) is 0 Å². The van der Waals surface area contributed by atoms with Crippen LogP contribution in [0.4, 0.5) is 0 Å². The van der Waals surface area contributed by atoms with Crippen LogP contribution < -0.4 is 10.0 Å². The summed E-state index contributed by atoms with van der Waals surface area (Å²) in [5.41, 5.74) is 2.92. The summed E-state index contributed by atoms with van der Waals surface area (Å²) in [5.74, 6) is -0.964. The van der Waals surface area contributed by atoms with Crippen molar-refractivity contribution >= 4 is 21.9 Å². The summed E-state index contributed by atoms with van der Waals surface area (Å²) < 4.78 is 33.9. The Morgan fingerprint density at radius 1 is 0.816 bits per heavy atom. The molecule has 2 N–H and O–H groups in total. The largest absolute Gasteiger partial charge is 0.459 e. The van der Waals surface area contributed by atoms with Gasteiger partial charge in [-0.1, -0.05) is 80.6 Å². The number of esters is 1. The smallest absolute Gasteiger partial charge is 0.324 e. The second kappa shape index (κ2) is 12.4. The zero-order chi connectivity index (χ0) is 27.9. The van der Waals surface area contributed by atoms with Crippen molar-refractivity contribution in [3.63, 3.8) is 0 Å². The molecule has 3 aromatic carbocycles. The van der Waals surface area contributed by atoms with Gasteiger partial charge in [-0.3, -0.25) is 9.59 Å². The summed E-state index contributed by atoms with van der Waals surface area (Å²) in [4.78, 5) is 24.9.